The minimum Gasteiger partial charge on any atom is -0.356 e. The number of piperidine rings is 1. The zero-order chi connectivity index (χ0) is 15.2. The van der Waals surface area contributed by atoms with Gasteiger partial charge in [0.2, 0.25) is 5.91 Å². The third-order valence-corrected chi connectivity index (χ3v) is 4.21. The number of halogens is 1. The largest absolute Gasteiger partial charge is 0.356 e. The molecule has 0 bridgehead atoms. The second kappa shape index (κ2) is 7.52. The summed E-state index contributed by atoms with van der Waals surface area (Å²) < 4.78 is 13.0. The van der Waals surface area contributed by atoms with Crippen LogP contribution in [0.15, 0.2) is 24.3 Å². The molecule has 1 fully saturated rings. The fourth-order valence-electron chi connectivity index (χ4n) is 2.94. The van der Waals surface area contributed by atoms with E-state index in [1.165, 1.54) is 12.1 Å². The standard InChI is InChI=1S/C16H24FN3O/c1-12(21)19-11-13-6-8-20(9-7-13)16(10-18)14-2-4-15(17)5-3-14/h2-5,13,16H,6-11,18H2,1H3,(H,19,21). The number of hydrogen-bond donors (Lipinski definition) is 2. The molecule has 0 spiro atoms. The van der Waals surface area contributed by atoms with Gasteiger partial charge in [0, 0.05) is 26.1 Å². The zero-order valence-corrected chi connectivity index (χ0v) is 12.5. The third kappa shape index (κ3) is 4.51. The molecule has 21 heavy (non-hydrogen) atoms. The average molecular weight is 293 g/mol. The molecule has 1 aromatic carbocycles. The van der Waals surface area contributed by atoms with E-state index in [0.717, 1.165) is 38.0 Å². The maximum absolute atomic E-state index is 13.0. The van der Waals surface area contributed by atoms with E-state index in [1.807, 2.05) is 12.1 Å². The van der Waals surface area contributed by atoms with Gasteiger partial charge < -0.3 is 11.1 Å². The molecule has 1 unspecified atom stereocenters. The number of benzene rings is 1. The van der Waals surface area contributed by atoms with Crippen LogP contribution in [0, 0.1) is 11.7 Å². The van der Waals surface area contributed by atoms with Crippen LogP contribution < -0.4 is 11.1 Å². The summed E-state index contributed by atoms with van der Waals surface area (Å²) in [7, 11) is 0. The van der Waals surface area contributed by atoms with Crippen molar-refractivity contribution >= 4 is 5.91 Å². The molecule has 1 saturated heterocycles. The Morgan fingerprint density at radius 2 is 2.00 bits per heavy atom. The molecule has 0 saturated carbocycles. The van der Waals surface area contributed by atoms with Crippen LogP contribution in [0.25, 0.3) is 0 Å². The molecule has 1 aromatic rings. The number of likely N-dealkylation sites (tertiary alicyclic amines) is 1. The monoisotopic (exact) mass is 293 g/mol. The van der Waals surface area contributed by atoms with E-state index in [0.29, 0.717) is 12.5 Å². The minimum atomic E-state index is -0.219. The number of nitrogens with zero attached hydrogens (tertiary/aromatic N) is 1. The Morgan fingerprint density at radius 3 is 2.52 bits per heavy atom. The van der Waals surface area contributed by atoms with Gasteiger partial charge in [0.1, 0.15) is 5.82 Å². The van der Waals surface area contributed by atoms with Crippen LogP contribution in [0.2, 0.25) is 0 Å². The van der Waals surface area contributed by atoms with Crippen LogP contribution in [0.3, 0.4) is 0 Å². The summed E-state index contributed by atoms with van der Waals surface area (Å²) in [6.07, 6.45) is 2.11. The van der Waals surface area contributed by atoms with Gasteiger partial charge in [-0.15, -0.1) is 0 Å². The van der Waals surface area contributed by atoms with Gasteiger partial charge in [-0.2, -0.15) is 0 Å². The summed E-state index contributed by atoms with van der Waals surface area (Å²) in [6.45, 7) is 4.76. The number of nitrogens with two attached hydrogens (primary N) is 1. The SMILES string of the molecule is CC(=O)NCC1CCN(C(CN)c2ccc(F)cc2)CC1. The van der Waals surface area contributed by atoms with Gasteiger partial charge >= 0.3 is 0 Å². The van der Waals surface area contributed by atoms with Crippen molar-refractivity contribution in [3.63, 3.8) is 0 Å². The third-order valence-electron chi connectivity index (χ3n) is 4.21. The van der Waals surface area contributed by atoms with Gasteiger partial charge in [-0.05, 0) is 49.5 Å². The second-order valence-electron chi connectivity index (χ2n) is 5.72. The van der Waals surface area contributed by atoms with Crippen LogP contribution in [-0.4, -0.2) is 37.0 Å². The van der Waals surface area contributed by atoms with Crippen molar-refractivity contribution in [1.82, 2.24) is 10.2 Å². The van der Waals surface area contributed by atoms with Crippen molar-refractivity contribution in [2.75, 3.05) is 26.2 Å². The maximum atomic E-state index is 13.0. The molecule has 1 aliphatic heterocycles. The van der Waals surface area contributed by atoms with Crippen LogP contribution >= 0.6 is 0 Å². The molecule has 1 amide bonds. The van der Waals surface area contributed by atoms with Crippen LogP contribution in [0.4, 0.5) is 4.39 Å². The van der Waals surface area contributed by atoms with Crippen LogP contribution in [-0.2, 0) is 4.79 Å². The van der Waals surface area contributed by atoms with Crippen molar-refractivity contribution in [3.8, 4) is 0 Å². The van der Waals surface area contributed by atoms with Gasteiger partial charge in [0.05, 0.1) is 0 Å². The number of amides is 1. The summed E-state index contributed by atoms with van der Waals surface area (Å²) in [5.74, 6) is 0.351. The van der Waals surface area contributed by atoms with Crippen molar-refractivity contribution < 1.29 is 9.18 Å². The zero-order valence-electron chi connectivity index (χ0n) is 12.5. The van der Waals surface area contributed by atoms with Gasteiger partial charge in [-0.25, -0.2) is 4.39 Å². The lowest BCUT2D eigenvalue weighted by molar-refractivity contribution is -0.119. The van der Waals surface area contributed by atoms with Gasteiger partial charge in [0.15, 0.2) is 0 Å². The fourth-order valence-corrected chi connectivity index (χ4v) is 2.94. The van der Waals surface area contributed by atoms with E-state index in [2.05, 4.69) is 10.2 Å². The summed E-state index contributed by atoms with van der Waals surface area (Å²) in [5, 5.41) is 2.89. The first-order chi connectivity index (χ1) is 10.1. The average Bonchev–Trinajstić information content (AvgIpc) is 2.49. The lowest BCUT2D eigenvalue weighted by Crippen LogP contribution is -2.42. The number of rotatable bonds is 5. The first kappa shape index (κ1) is 15.9. The Balaban J connectivity index is 1.90. The highest BCUT2D eigenvalue weighted by molar-refractivity contribution is 5.72. The van der Waals surface area contributed by atoms with Crippen LogP contribution in [0.1, 0.15) is 31.4 Å². The highest BCUT2D eigenvalue weighted by Crippen LogP contribution is 2.26. The van der Waals surface area contributed by atoms with E-state index in [1.54, 1.807) is 6.92 Å². The smallest absolute Gasteiger partial charge is 0.216 e. The van der Waals surface area contributed by atoms with E-state index in [-0.39, 0.29) is 17.8 Å². The van der Waals surface area contributed by atoms with Gasteiger partial charge in [-0.1, -0.05) is 12.1 Å². The van der Waals surface area contributed by atoms with Crippen LogP contribution in [0.5, 0.6) is 0 Å². The van der Waals surface area contributed by atoms with Crippen molar-refractivity contribution in [3.05, 3.63) is 35.6 Å². The van der Waals surface area contributed by atoms with E-state index in [4.69, 9.17) is 5.73 Å². The molecule has 0 radical (unpaired) electrons. The topological polar surface area (TPSA) is 58.4 Å². The Kier molecular flexibility index (Phi) is 5.70. The lowest BCUT2D eigenvalue weighted by Gasteiger charge is -2.37. The molecule has 1 heterocycles. The highest BCUT2D eigenvalue weighted by atomic mass is 19.1. The predicted octanol–water partition coefficient (Wildman–Crippen LogP) is 1.67. The molecule has 3 N–H and O–H groups in total. The Bertz CT molecular complexity index is 455. The number of carbonyl (C=O) groups excluding carboxylic acids is 1. The molecule has 0 aromatic heterocycles. The van der Waals surface area contributed by atoms with E-state index < -0.39 is 0 Å². The van der Waals surface area contributed by atoms with E-state index >= 15 is 0 Å². The minimum absolute atomic E-state index is 0.0311. The summed E-state index contributed by atoms with van der Waals surface area (Å²) in [6, 6.07) is 6.75. The quantitative estimate of drug-likeness (QED) is 0.868. The molecular weight excluding hydrogens is 269 g/mol. The second-order valence-corrected chi connectivity index (χ2v) is 5.72. The number of hydrogen-bond acceptors (Lipinski definition) is 3. The molecule has 1 aliphatic rings. The first-order valence-electron chi connectivity index (χ1n) is 7.54. The van der Waals surface area contributed by atoms with Crippen molar-refractivity contribution in [2.24, 2.45) is 11.7 Å². The normalized spacial score (nSPS) is 18.4. The summed E-state index contributed by atoms with van der Waals surface area (Å²) in [4.78, 5) is 13.3. The van der Waals surface area contributed by atoms with Gasteiger partial charge in [0.25, 0.3) is 0 Å². The summed E-state index contributed by atoms with van der Waals surface area (Å²) >= 11 is 0. The Morgan fingerprint density at radius 1 is 1.38 bits per heavy atom. The van der Waals surface area contributed by atoms with Crippen molar-refractivity contribution in [1.29, 1.82) is 0 Å². The lowest BCUT2D eigenvalue weighted by atomic mass is 9.94. The predicted molar refractivity (Wildman–Crippen MR) is 81.2 cm³/mol. The fraction of sp³-hybridized carbons (Fsp3) is 0.562. The van der Waals surface area contributed by atoms with E-state index in [9.17, 15) is 9.18 Å². The van der Waals surface area contributed by atoms with Crippen molar-refractivity contribution in [2.45, 2.75) is 25.8 Å². The molecular formula is C16H24FN3O. The molecule has 2 rings (SSSR count). The number of carbonyl (C=O) groups is 1. The van der Waals surface area contributed by atoms with Gasteiger partial charge in [-0.3, -0.25) is 9.69 Å². The Labute approximate surface area is 125 Å². The molecule has 1 atom stereocenters. The first-order valence-corrected chi connectivity index (χ1v) is 7.54. The maximum Gasteiger partial charge on any atom is 0.216 e. The molecule has 4 nitrogen and oxygen atoms in total. The number of nitrogens with one attached hydrogen (secondary N) is 1. The summed E-state index contributed by atoms with van der Waals surface area (Å²) in [5.41, 5.74) is 6.98. The highest BCUT2D eigenvalue weighted by Gasteiger charge is 2.25. The molecule has 0 aliphatic carbocycles. The Hall–Kier alpha value is -1.46. The molecule has 5 heteroatoms. The molecule has 116 valence electrons.